The Kier molecular flexibility index (Phi) is 6.37. The standard InChI is InChI=1S/C22H22BrNO5/c1-13(2)17-11-18(23)14(3)10-19(17)29-12-20(25)28-9-8-24-21(26)15-6-4-5-7-16(15)22(24)27/h4-7,10-11,13H,8-9,12H2,1-3H3. The fourth-order valence-corrected chi connectivity index (χ4v) is 3.48. The molecule has 29 heavy (non-hydrogen) atoms. The average molecular weight is 460 g/mol. The molecular formula is C22H22BrNO5. The molecule has 0 bridgehead atoms. The van der Waals surface area contributed by atoms with E-state index in [0.717, 1.165) is 20.5 Å². The van der Waals surface area contributed by atoms with Crippen LogP contribution in [0, 0.1) is 6.92 Å². The number of esters is 1. The number of benzene rings is 2. The maximum atomic E-state index is 12.3. The molecule has 0 aromatic heterocycles. The maximum absolute atomic E-state index is 12.3. The lowest BCUT2D eigenvalue weighted by Crippen LogP contribution is -2.34. The SMILES string of the molecule is Cc1cc(OCC(=O)OCCN2C(=O)c3ccccc3C2=O)c(C(C)C)cc1Br. The van der Waals surface area contributed by atoms with Gasteiger partial charge in [0.25, 0.3) is 11.8 Å². The highest BCUT2D eigenvalue weighted by Gasteiger charge is 2.34. The highest BCUT2D eigenvalue weighted by atomic mass is 79.9. The first-order valence-corrected chi connectivity index (χ1v) is 10.1. The van der Waals surface area contributed by atoms with E-state index in [1.165, 1.54) is 0 Å². The predicted octanol–water partition coefficient (Wildman–Crippen LogP) is 4.10. The molecule has 6 nitrogen and oxygen atoms in total. The molecule has 0 saturated carbocycles. The zero-order valence-corrected chi connectivity index (χ0v) is 18.1. The molecule has 7 heteroatoms. The molecular weight excluding hydrogens is 438 g/mol. The van der Waals surface area contributed by atoms with E-state index < -0.39 is 5.97 Å². The number of hydrogen-bond acceptors (Lipinski definition) is 5. The van der Waals surface area contributed by atoms with E-state index in [1.54, 1.807) is 24.3 Å². The molecule has 0 fully saturated rings. The lowest BCUT2D eigenvalue weighted by Gasteiger charge is -2.16. The van der Waals surface area contributed by atoms with Crippen LogP contribution in [0.4, 0.5) is 0 Å². The highest BCUT2D eigenvalue weighted by molar-refractivity contribution is 9.10. The molecule has 1 aliphatic rings. The van der Waals surface area contributed by atoms with Crippen LogP contribution in [0.15, 0.2) is 40.9 Å². The van der Waals surface area contributed by atoms with Crippen molar-refractivity contribution in [2.24, 2.45) is 0 Å². The lowest BCUT2D eigenvalue weighted by atomic mass is 10.0. The van der Waals surface area contributed by atoms with Crippen molar-refractivity contribution in [3.8, 4) is 5.75 Å². The summed E-state index contributed by atoms with van der Waals surface area (Å²) in [7, 11) is 0. The van der Waals surface area contributed by atoms with Gasteiger partial charge in [-0.15, -0.1) is 0 Å². The number of imide groups is 1. The van der Waals surface area contributed by atoms with E-state index >= 15 is 0 Å². The molecule has 0 radical (unpaired) electrons. The molecule has 2 aromatic rings. The van der Waals surface area contributed by atoms with Crippen molar-refractivity contribution in [2.75, 3.05) is 19.8 Å². The summed E-state index contributed by atoms with van der Waals surface area (Å²) in [5.41, 5.74) is 2.74. The first kappa shape index (κ1) is 21.0. The van der Waals surface area contributed by atoms with E-state index in [0.29, 0.717) is 16.9 Å². The summed E-state index contributed by atoms with van der Waals surface area (Å²) in [6.45, 7) is 5.72. The minimum atomic E-state index is -0.558. The lowest BCUT2D eigenvalue weighted by molar-refractivity contribution is -0.146. The quantitative estimate of drug-likeness (QED) is 0.460. The van der Waals surface area contributed by atoms with Gasteiger partial charge in [-0.3, -0.25) is 14.5 Å². The molecule has 2 aromatic carbocycles. The van der Waals surface area contributed by atoms with Crippen molar-refractivity contribution in [3.63, 3.8) is 0 Å². The zero-order chi connectivity index (χ0) is 21.1. The van der Waals surface area contributed by atoms with Gasteiger partial charge in [0.1, 0.15) is 12.4 Å². The largest absolute Gasteiger partial charge is 0.482 e. The number of rotatable bonds is 7. The van der Waals surface area contributed by atoms with Crippen molar-refractivity contribution >= 4 is 33.7 Å². The fraction of sp³-hybridized carbons (Fsp3) is 0.318. The van der Waals surface area contributed by atoms with Crippen LogP contribution in [-0.4, -0.2) is 42.4 Å². The summed E-state index contributed by atoms with van der Waals surface area (Å²) in [4.78, 5) is 37.7. The Bertz CT molecular complexity index is 935. The number of fused-ring (bicyclic) bond motifs is 1. The fourth-order valence-electron chi connectivity index (χ4n) is 3.12. The Hall–Kier alpha value is -2.67. The molecule has 1 aliphatic heterocycles. The van der Waals surface area contributed by atoms with E-state index in [-0.39, 0.29) is 37.5 Å². The number of hydrogen-bond donors (Lipinski definition) is 0. The first-order valence-electron chi connectivity index (χ1n) is 9.33. The van der Waals surface area contributed by atoms with Crippen LogP contribution in [0.25, 0.3) is 0 Å². The zero-order valence-electron chi connectivity index (χ0n) is 16.5. The van der Waals surface area contributed by atoms with Crippen molar-refractivity contribution in [1.29, 1.82) is 0 Å². The van der Waals surface area contributed by atoms with Gasteiger partial charge in [0.05, 0.1) is 17.7 Å². The summed E-state index contributed by atoms with van der Waals surface area (Å²) in [5.74, 6) is -0.434. The molecule has 0 N–H and O–H groups in total. The topological polar surface area (TPSA) is 72.9 Å². The van der Waals surface area contributed by atoms with E-state index in [4.69, 9.17) is 9.47 Å². The Balaban J connectivity index is 1.52. The summed E-state index contributed by atoms with van der Waals surface area (Å²) >= 11 is 3.51. The minimum Gasteiger partial charge on any atom is -0.482 e. The van der Waals surface area contributed by atoms with Gasteiger partial charge in [-0.05, 0) is 48.2 Å². The number of carbonyl (C=O) groups excluding carboxylic acids is 3. The van der Waals surface area contributed by atoms with E-state index in [2.05, 4.69) is 15.9 Å². The van der Waals surface area contributed by atoms with Crippen LogP contribution in [0.3, 0.4) is 0 Å². The highest BCUT2D eigenvalue weighted by Crippen LogP contribution is 2.32. The molecule has 0 unspecified atom stereocenters. The normalized spacial score (nSPS) is 13.1. The number of ether oxygens (including phenoxy) is 2. The van der Waals surface area contributed by atoms with Crippen molar-refractivity contribution in [2.45, 2.75) is 26.7 Å². The van der Waals surface area contributed by atoms with E-state index in [9.17, 15) is 14.4 Å². The van der Waals surface area contributed by atoms with Gasteiger partial charge in [0.2, 0.25) is 0 Å². The minimum absolute atomic E-state index is 0.00667. The summed E-state index contributed by atoms with van der Waals surface area (Å²) < 4.78 is 11.8. The molecule has 2 amide bonds. The maximum Gasteiger partial charge on any atom is 0.344 e. The molecule has 3 rings (SSSR count). The molecule has 0 saturated heterocycles. The van der Waals surface area contributed by atoms with Gasteiger partial charge < -0.3 is 9.47 Å². The number of aryl methyl sites for hydroxylation is 1. The molecule has 0 spiro atoms. The summed E-state index contributed by atoms with van der Waals surface area (Å²) in [5, 5.41) is 0. The van der Waals surface area contributed by atoms with Crippen molar-refractivity contribution < 1.29 is 23.9 Å². The third-order valence-electron chi connectivity index (χ3n) is 4.71. The van der Waals surface area contributed by atoms with Crippen LogP contribution in [0.5, 0.6) is 5.75 Å². The smallest absolute Gasteiger partial charge is 0.344 e. The van der Waals surface area contributed by atoms with Crippen molar-refractivity contribution in [1.82, 2.24) is 4.90 Å². The molecule has 152 valence electrons. The third-order valence-corrected chi connectivity index (χ3v) is 5.57. The van der Waals surface area contributed by atoms with Gasteiger partial charge in [-0.25, -0.2) is 4.79 Å². The number of halogens is 1. The van der Waals surface area contributed by atoms with Gasteiger partial charge in [-0.1, -0.05) is 41.9 Å². The number of nitrogens with zero attached hydrogens (tertiary/aromatic N) is 1. The number of carbonyl (C=O) groups is 3. The van der Waals surface area contributed by atoms with Crippen LogP contribution in [0.1, 0.15) is 51.6 Å². The van der Waals surface area contributed by atoms with Gasteiger partial charge in [0.15, 0.2) is 6.61 Å². The molecule has 0 atom stereocenters. The molecule has 1 heterocycles. The number of amides is 2. The second-order valence-electron chi connectivity index (χ2n) is 7.11. The van der Waals surface area contributed by atoms with Crippen LogP contribution in [0.2, 0.25) is 0 Å². The predicted molar refractivity (Wildman–Crippen MR) is 111 cm³/mol. The van der Waals surface area contributed by atoms with Crippen LogP contribution in [-0.2, 0) is 9.53 Å². The van der Waals surface area contributed by atoms with Crippen LogP contribution >= 0.6 is 15.9 Å². The molecule has 0 aliphatic carbocycles. The summed E-state index contributed by atoms with van der Waals surface area (Å²) in [6, 6.07) is 10.5. The summed E-state index contributed by atoms with van der Waals surface area (Å²) in [6.07, 6.45) is 0. The first-order chi connectivity index (χ1) is 13.8. The Morgan fingerprint density at radius 1 is 1.10 bits per heavy atom. The second-order valence-corrected chi connectivity index (χ2v) is 7.96. The second kappa shape index (κ2) is 8.78. The average Bonchev–Trinajstić information content (AvgIpc) is 2.93. The van der Waals surface area contributed by atoms with E-state index in [1.807, 2.05) is 32.9 Å². The van der Waals surface area contributed by atoms with Gasteiger partial charge >= 0.3 is 5.97 Å². The Morgan fingerprint density at radius 2 is 1.72 bits per heavy atom. The Labute approximate surface area is 177 Å². The monoisotopic (exact) mass is 459 g/mol. The third kappa shape index (κ3) is 4.50. The Morgan fingerprint density at radius 3 is 2.31 bits per heavy atom. The van der Waals surface area contributed by atoms with Crippen molar-refractivity contribution in [3.05, 3.63) is 63.1 Å². The van der Waals surface area contributed by atoms with Crippen LogP contribution < -0.4 is 4.74 Å². The van der Waals surface area contributed by atoms with Gasteiger partial charge in [-0.2, -0.15) is 0 Å². The van der Waals surface area contributed by atoms with Gasteiger partial charge in [0, 0.05) is 4.47 Å².